The monoisotopic (exact) mass is 626 g/mol. The van der Waals surface area contributed by atoms with Crippen LogP contribution >= 0.6 is 11.3 Å². The fraction of sp³-hybridized carbons (Fsp3) is 0.176. The highest BCUT2D eigenvalue weighted by molar-refractivity contribution is 7.17. The number of aryl methyl sites for hydroxylation is 2. The molecule has 10 nitrogen and oxygen atoms in total. The standard InChI is InChI=1S/C34H30N2O8S/c1-5-15-43-33(41)31-20(3)35-34(45-31)36-28(22-11-13-24(37)26(17-22)42-4)27(30(39)32(36)40)29(38)23-12-14-25(19(2)16-23)44-18-21-9-7-6-8-10-21/h5-14,16-17,28,37-38H,1,15,18H2,2-4H3/b29-27+/t28-/m1/s1. The number of aliphatic hydroxyl groups excluding tert-OH is 1. The molecule has 0 unspecified atom stereocenters. The minimum atomic E-state index is -1.17. The van der Waals surface area contributed by atoms with E-state index in [9.17, 15) is 24.6 Å². The number of nitrogens with zero attached hydrogens (tertiary/aromatic N) is 2. The number of ketones is 1. The van der Waals surface area contributed by atoms with Gasteiger partial charge in [0.25, 0.3) is 5.78 Å². The molecule has 5 rings (SSSR count). The average Bonchev–Trinajstić information content (AvgIpc) is 3.55. The van der Waals surface area contributed by atoms with Crippen LogP contribution in [0.4, 0.5) is 5.13 Å². The van der Waals surface area contributed by atoms with Gasteiger partial charge in [0, 0.05) is 5.56 Å². The zero-order chi connectivity index (χ0) is 32.2. The second-order valence-electron chi connectivity index (χ2n) is 10.2. The van der Waals surface area contributed by atoms with Crippen molar-refractivity contribution in [2.75, 3.05) is 18.6 Å². The van der Waals surface area contributed by atoms with Crippen LogP contribution in [0, 0.1) is 13.8 Å². The molecule has 4 aromatic rings. The molecule has 0 aliphatic carbocycles. The molecule has 11 heteroatoms. The molecule has 1 saturated heterocycles. The van der Waals surface area contributed by atoms with E-state index in [2.05, 4.69) is 11.6 Å². The fourth-order valence-electron chi connectivity index (χ4n) is 4.93. The summed E-state index contributed by atoms with van der Waals surface area (Å²) >= 11 is 0.882. The van der Waals surface area contributed by atoms with Gasteiger partial charge in [0.05, 0.1) is 24.4 Å². The average molecular weight is 627 g/mol. The molecule has 2 N–H and O–H groups in total. The van der Waals surface area contributed by atoms with Crippen LogP contribution in [-0.4, -0.2) is 46.6 Å². The number of ether oxygens (including phenoxy) is 3. The Bertz CT molecular complexity index is 1830. The van der Waals surface area contributed by atoms with Crippen molar-refractivity contribution in [3.8, 4) is 17.2 Å². The zero-order valence-corrected chi connectivity index (χ0v) is 25.6. The van der Waals surface area contributed by atoms with Gasteiger partial charge < -0.3 is 24.4 Å². The topological polar surface area (TPSA) is 135 Å². The van der Waals surface area contributed by atoms with E-state index in [-0.39, 0.29) is 39.3 Å². The number of benzene rings is 3. The number of hydrogen-bond donors (Lipinski definition) is 2. The number of amides is 1. The minimum absolute atomic E-state index is 0.0151. The lowest BCUT2D eigenvalue weighted by Gasteiger charge is -2.23. The SMILES string of the molecule is C=CCOC(=O)c1sc(N2C(=O)C(=O)/C(=C(/O)c3ccc(OCc4ccccc4)c(C)c3)[C@H]2c2ccc(O)c(OC)c2)nc1C. The number of aromatic hydroxyl groups is 1. The molecule has 0 bridgehead atoms. The maximum absolute atomic E-state index is 13.6. The van der Waals surface area contributed by atoms with Crippen LogP contribution in [0.15, 0.2) is 85.0 Å². The van der Waals surface area contributed by atoms with E-state index in [4.69, 9.17) is 14.2 Å². The van der Waals surface area contributed by atoms with Gasteiger partial charge in [-0.15, -0.1) is 0 Å². The van der Waals surface area contributed by atoms with E-state index in [0.29, 0.717) is 29.2 Å². The Morgan fingerprint density at radius 3 is 2.51 bits per heavy atom. The Labute approximate surface area is 263 Å². The van der Waals surface area contributed by atoms with Crippen molar-refractivity contribution < 1.29 is 38.8 Å². The van der Waals surface area contributed by atoms with E-state index in [0.717, 1.165) is 21.8 Å². The van der Waals surface area contributed by atoms with Crippen LogP contribution < -0.4 is 14.4 Å². The van der Waals surface area contributed by atoms with Crippen molar-refractivity contribution in [3.05, 3.63) is 118 Å². The Morgan fingerprint density at radius 2 is 1.82 bits per heavy atom. The number of esters is 1. The second-order valence-corrected chi connectivity index (χ2v) is 11.1. The van der Waals surface area contributed by atoms with Gasteiger partial charge in [-0.2, -0.15) is 0 Å². The fourth-order valence-corrected chi connectivity index (χ4v) is 5.92. The Balaban J connectivity index is 1.59. The quantitative estimate of drug-likeness (QED) is 0.0712. The Hall–Kier alpha value is -5.42. The summed E-state index contributed by atoms with van der Waals surface area (Å²) in [6, 6.07) is 17.8. The summed E-state index contributed by atoms with van der Waals surface area (Å²) in [5.41, 5.74) is 2.43. The number of aliphatic hydroxyl groups is 1. The van der Waals surface area contributed by atoms with Crippen LogP contribution in [0.1, 0.15) is 43.7 Å². The Kier molecular flexibility index (Phi) is 9.01. The molecule has 0 saturated carbocycles. The predicted molar refractivity (Wildman–Crippen MR) is 169 cm³/mol. The highest BCUT2D eigenvalue weighted by Crippen LogP contribution is 2.45. The Morgan fingerprint density at radius 1 is 1.07 bits per heavy atom. The molecule has 1 atom stereocenters. The first-order valence-electron chi connectivity index (χ1n) is 13.9. The number of Topliss-reactive ketones (excluding diaryl/α,β-unsaturated/α-hetero) is 1. The van der Waals surface area contributed by atoms with E-state index in [1.54, 1.807) is 25.1 Å². The number of hydrogen-bond acceptors (Lipinski definition) is 10. The molecule has 0 spiro atoms. The van der Waals surface area contributed by atoms with Gasteiger partial charge in [-0.3, -0.25) is 14.5 Å². The molecule has 45 heavy (non-hydrogen) atoms. The number of phenols is 1. The number of rotatable bonds is 10. The van der Waals surface area contributed by atoms with Crippen molar-refractivity contribution in [1.82, 2.24) is 4.98 Å². The van der Waals surface area contributed by atoms with Crippen LogP contribution in [-0.2, 0) is 20.9 Å². The van der Waals surface area contributed by atoms with Crippen LogP contribution in [0.3, 0.4) is 0 Å². The van der Waals surface area contributed by atoms with Crippen molar-refractivity contribution in [2.45, 2.75) is 26.5 Å². The first-order valence-corrected chi connectivity index (χ1v) is 14.7. The lowest BCUT2D eigenvalue weighted by molar-refractivity contribution is -0.132. The maximum Gasteiger partial charge on any atom is 0.350 e. The molecule has 1 aromatic heterocycles. The summed E-state index contributed by atoms with van der Waals surface area (Å²) in [5, 5.41) is 21.9. The zero-order valence-electron chi connectivity index (χ0n) is 24.8. The molecule has 1 fully saturated rings. The summed E-state index contributed by atoms with van der Waals surface area (Å²) in [5.74, 6) is -2.44. The van der Waals surface area contributed by atoms with E-state index >= 15 is 0 Å². The van der Waals surface area contributed by atoms with Crippen LogP contribution in [0.2, 0.25) is 0 Å². The van der Waals surface area contributed by atoms with Gasteiger partial charge in [-0.1, -0.05) is 60.4 Å². The minimum Gasteiger partial charge on any atom is -0.507 e. The van der Waals surface area contributed by atoms with Gasteiger partial charge >= 0.3 is 11.9 Å². The second kappa shape index (κ2) is 13.1. The summed E-state index contributed by atoms with van der Waals surface area (Å²) in [6.45, 7) is 7.26. The summed E-state index contributed by atoms with van der Waals surface area (Å²) in [6.07, 6.45) is 1.43. The molecule has 0 radical (unpaired) electrons. The van der Waals surface area contributed by atoms with Gasteiger partial charge in [0.15, 0.2) is 16.6 Å². The number of carbonyl (C=O) groups is 3. The smallest absolute Gasteiger partial charge is 0.350 e. The summed E-state index contributed by atoms with van der Waals surface area (Å²) < 4.78 is 16.4. The number of anilines is 1. The first-order chi connectivity index (χ1) is 21.6. The highest BCUT2D eigenvalue weighted by atomic mass is 32.1. The third kappa shape index (κ3) is 6.16. The number of methoxy groups -OCH3 is 1. The van der Waals surface area contributed by atoms with E-state index in [1.165, 1.54) is 31.4 Å². The van der Waals surface area contributed by atoms with Gasteiger partial charge in [0.1, 0.15) is 29.6 Å². The number of thiazole rings is 1. The number of carbonyl (C=O) groups excluding carboxylic acids is 3. The van der Waals surface area contributed by atoms with Crippen molar-refractivity contribution >= 4 is 39.9 Å². The lowest BCUT2D eigenvalue weighted by Crippen LogP contribution is -2.29. The van der Waals surface area contributed by atoms with Gasteiger partial charge in [0.2, 0.25) is 0 Å². The van der Waals surface area contributed by atoms with E-state index in [1.807, 2.05) is 37.3 Å². The molecule has 230 valence electrons. The van der Waals surface area contributed by atoms with Crippen molar-refractivity contribution in [1.29, 1.82) is 0 Å². The summed E-state index contributed by atoms with van der Waals surface area (Å²) in [7, 11) is 1.37. The van der Waals surface area contributed by atoms with Gasteiger partial charge in [-0.25, -0.2) is 9.78 Å². The van der Waals surface area contributed by atoms with Gasteiger partial charge in [-0.05, 0) is 60.9 Å². The molecule has 1 aliphatic heterocycles. The molecule has 1 amide bonds. The summed E-state index contributed by atoms with van der Waals surface area (Å²) in [4.78, 5) is 45.6. The largest absolute Gasteiger partial charge is 0.507 e. The first kappa shape index (κ1) is 31.0. The number of aromatic nitrogens is 1. The van der Waals surface area contributed by atoms with Crippen molar-refractivity contribution in [3.63, 3.8) is 0 Å². The maximum atomic E-state index is 13.6. The van der Waals surface area contributed by atoms with Crippen molar-refractivity contribution in [2.24, 2.45) is 0 Å². The lowest BCUT2D eigenvalue weighted by atomic mass is 9.94. The molecular formula is C34H30N2O8S. The third-order valence-corrected chi connectivity index (χ3v) is 8.30. The normalized spacial score (nSPS) is 15.6. The highest BCUT2D eigenvalue weighted by Gasteiger charge is 2.48. The molecule has 2 heterocycles. The molecule has 3 aromatic carbocycles. The van der Waals surface area contributed by atoms with E-state index < -0.39 is 29.5 Å². The number of phenolic OH excluding ortho intramolecular Hbond substituents is 1. The predicted octanol–water partition coefficient (Wildman–Crippen LogP) is 6.02. The van der Waals surface area contributed by atoms with Crippen LogP contribution in [0.5, 0.6) is 17.2 Å². The molecule has 1 aliphatic rings. The third-order valence-electron chi connectivity index (χ3n) is 7.16. The van der Waals surface area contributed by atoms with Crippen LogP contribution in [0.25, 0.3) is 5.76 Å². The molecular weight excluding hydrogens is 596 g/mol.